The van der Waals surface area contributed by atoms with Gasteiger partial charge in [0.15, 0.2) is 0 Å². The summed E-state index contributed by atoms with van der Waals surface area (Å²) in [5.74, 6) is 8.61. The van der Waals surface area contributed by atoms with Crippen molar-refractivity contribution in [3.63, 3.8) is 0 Å². The summed E-state index contributed by atoms with van der Waals surface area (Å²) < 4.78 is 0. The Bertz CT molecular complexity index is 2140. The minimum absolute atomic E-state index is 0.448. The van der Waals surface area contributed by atoms with Crippen molar-refractivity contribution in [2.45, 2.75) is 264 Å². The summed E-state index contributed by atoms with van der Waals surface area (Å²) in [4.78, 5) is 6.94. The van der Waals surface area contributed by atoms with E-state index >= 15 is 0 Å². The number of fused-ring (bicyclic) bond motifs is 7. The second-order valence-corrected chi connectivity index (χ2v) is 34.0. The van der Waals surface area contributed by atoms with Crippen molar-refractivity contribution in [1.82, 2.24) is 182 Å². The molecule has 0 aromatic carbocycles. The van der Waals surface area contributed by atoms with E-state index in [4.69, 9.17) is 0 Å². The summed E-state index contributed by atoms with van der Waals surface area (Å²) in [5, 5.41) is 19.8. The molecule has 96 heavy (non-hydrogen) atoms. The Morgan fingerprint density at radius 1 is 0.188 bits per heavy atom. The first-order valence-electron chi connectivity index (χ1n) is 39.1. The first kappa shape index (κ1) is 65.4. The molecule has 9 aliphatic carbocycles. The highest BCUT2D eigenvalue weighted by atomic mass is 15.9. The molecule has 10 heterocycles. The van der Waals surface area contributed by atoms with Gasteiger partial charge < -0.3 is 0 Å². The summed E-state index contributed by atoms with van der Waals surface area (Å²) in [5.41, 5.74) is 82.0. The molecule has 24 N–H and O–H groups in total. The van der Waals surface area contributed by atoms with Gasteiger partial charge in [-0.25, -0.2) is 83.5 Å². The van der Waals surface area contributed by atoms with Gasteiger partial charge in [-0.3, -0.25) is 9.80 Å². The highest BCUT2D eigenvalue weighted by Gasteiger charge is 2.65. The van der Waals surface area contributed by atoms with Gasteiger partial charge in [-0.05, 0) is 225 Å². The number of rotatable bonds is 14. The molecule has 19 rings (SSSR count). The van der Waals surface area contributed by atoms with E-state index < -0.39 is 0 Å². The molecule has 0 spiro atoms. The first-order valence-corrected chi connectivity index (χ1v) is 39.1. The number of hydrogen-bond acceptors (Lipinski definition) is 34. The maximum atomic E-state index is 3.56. The number of hydrogen-bond donors (Lipinski definition) is 24. The van der Waals surface area contributed by atoms with Crippen LogP contribution in [-0.2, 0) is 0 Å². The van der Waals surface area contributed by atoms with Gasteiger partial charge in [0.1, 0.15) is 0 Å². The number of nitrogens with zero attached hydrogens (tertiary/aromatic N) is 10. The molecule has 20 unspecified atom stereocenters. The van der Waals surface area contributed by atoms with Gasteiger partial charge in [0.2, 0.25) is 0 Å². The molecule has 34 heteroatoms. The van der Waals surface area contributed by atoms with Crippen molar-refractivity contribution in [3.8, 4) is 0 Å². The van der Waals surface area contributed by atoms with Crippen LogP contribution in [-0.4, -0.2) is 188 Å². The van der Waals surface area contributed by atoms with Crippen molar-refractivity contribution in [2.75, 3.05) is 53.3 Å². The zero-order chi connectivity index (χ0) is 63.2. The van der Waals surface area contributed by atoms with E-state index in [0.717, 1.165) is 115 Å². The van der Waals surface area contributed by atoms with Gasteiger partial charge in [-0.1, -0.05) is 25.7 Å². The van der Waals surface area contributed by atoms with Crippen molar-refractivity contribution in [3.05, 3.63) is 0 Å². The van der Waals surface area contributed by atoms with Gasteiger partial charge in [0, 0.05) is 84.6 Å². The third-order valence-electron chi connectivity index (χ3n) is 29.8. The third kappa shape index (κ3) is 12.9. The van der Waals surface area contributed by atoms with Gasteiger partial charge in [-0.15, -0.1) is 0 Å². The summed E-state index contributed by atoms with van der Waals surface area (Å²) >= 11 is 0. The molecule has 0 bridgehead atoms. The van der Waals surface area contributed by atoms with Gasteiger partial charge in [-0.2, -0.15) is 88.6 Å². The van der Waals surface area contributed by atoms with Crippen LogP contribution < -0.4 is 132 Å². The highest BCUT2D eigenvalue weighted by molar-refractivity contribution is 5.18. The summed E-state index contributed by atoms with van der Waals surface area (Å²) in [6.45, 7) is 6.58. The van der Waals surface area contributed by atoms with E-state index in [1.54, 1.807) is 0 Å². The van der Waals surface area contributed by atoms with Crippen LogP contribution in [0.1, 0.15) is 180 Å². The molecule has 10 aliphatic heterocycles. The molecule has 9 saturated carbocycles. The molecular weight excluding hydrogens is 1220 g/mol. The normalized spacial score (nSPS) is 49.9. The second kappa shape index (κ2) is 28.9. The average molecular weight is 1340 g/mol. The molecule has 34 nitrogen and oxygen atoms in total. The Morgan fingerprint density at radius 3 is 0.615 bits per heavy atom. The molecule has 0 aromatic rings. The monoisotopic (exact) mass is 1340 g/mol. The van der Waals surface area contributed by atoms with Crippen molar-refractivity contribution in [1.29, 1.82) is 0 Å². The topological polar surface area (TPSA) is 321 Å². The lowest BCUT2D eigenvalue weighted by Crippen LogP contribution is -2.58. The summed E-state index contributed by atoms with van der Waals surface area (Å²) in [7, 11) is 0. The molecule has 20 atom stereocenters. The SMILES string of the molecule is C1CCC2C(C1)C1C3C4CCCCC4N(C4CC(C5CC(N6CNNN6)CC(N6CNNN6)C5)CC(C5CC(N6CNNN6)CC(N6CNNN6)C5)C4)C3CCC1N2C1CC(C2CC(N3CNNN3)CC(N3CNNN3)C2)CC(C2CC(N3CNNN3)CC(N3CNNN3)C2)C1. The molecule has 0 aromatic heterocycles. The van der Waals surface area contributed by atoms with Gasteiger partial charge >= 0.3 is 0 Å². The lowest BCUT2D eigenvalue weighted by molar-refractivity contribution is -0.0481. The van der Waals surface area contributed by atoms with Crippen LogP contribution in [0.25, 0.3) is 0 Å². The van der Waals surface area contributed by atoms with Crippen LogP contribution in [0.15, 0.2) is 0 Å². The molecule has 19 fully saturated rings. The Labute approximate surface area is 568 Å². The van der Waals surface area contributed by atoms with E-state index in [-0.39, 0.29) is 0 Å². The van der Waals surface area contributed by atoms with Crippen LogP contribution in [0.5, 0.6) is 0 Å². The molecule has 0 radical (unpaired) electrons. The predicted molar refractivity (Wildman–Crippen MR) is 357 cm³/mol. The Kier molecular flexibility index (Phi) is 19.7. The van der Waals surface area contributed by atoms with Gasteiger partial charge in [0.05, 0.1) is 53.3 Å². The van der Waals surface area contributed by atoms with E-state index in [9.17, 15) is 0 Å². The molecule has 0 amide bonds. The molecular formula is C62H122N34. The first-order chi connectivity index (χ1) is 47.5. The maximum absolute atomic E-state index is 3.56. The van der Waals surface area contributed by atoms with Crippen molar-refractivity contribution < 1.29 is 0 Å². The van der Waals surface area contributed by atoms with Crippen LogP contribution in [0.4, 0.5) is 0 Å². The minimum atomic E-state index is 0.448. The number of likely N-dealkylation sites (tertiary alicyclic amines) is 2. The molecule has 19 aliphatic rings. The average Bonchev–Trinajstić information content (AvgIpc) is 1.51. The van der Waals surface area contributed by atoms with Crippen LogP contribution in [0, 0.1) is 71.0 Å². The minimum Gasteiger partial charge on any atom is -0.294 e. The highest BCUT2D eigenvalue weighted by Crippen LogP contribution is 2.63. The molecule has 540 valence electrons. The Morgan fingerprint density at radius 2 is 0.396 bits per heavy atom. The van der Waals surface area contributed by atoms with E-state index in [2.05, 4.69) is 182 Å². The third-order valence-corrected chi connectivity index (χ3v) is 29.8. The van der Waals surface area contributed by atoms with Crippen molar-refractivity contribution >= 4 is 0 Å². The quantitative estimate of drug-likeness (QED) is 0.0803. The largest absolute Gasteiger partial charge is 0.294 e. The number of hydrazine groups is 24. The fourth-order valence-electron chi connectivity index (χ4n) is 26.1. The Balaban J connectivity index is 0.649. The zero-order valence-electron chi connectivity index (χ0n) is 56.9. The second-order valence-electron chi connectivity index (χ2n) is 34.0. The van der Waals surface area contributed by atoms with E-state index in [1.807, 2.05) is 0 Å². The standard InChI is InChI=1S/C62H122N34/c1-3-7-57-55(5-1)61-59(95(57)53-21-37(41-13-45(87-29-63-71-79-87)25-46(14-41)88-30-64-72-80-88)11-38(22-53)42-15-47(89-31-65-73-81-89)26-48(16-42)90-32-66-74-82-90)9-10-60-62(61)56-6-2-4-8-58(56)96(60)54-23-39(43-17-49(91-33-67-75-83-91)27-50(18-43)92-34-68-76-84-92)12-40(24-54)44-19-51(93-35-69-77-85-93)28-52(20-44)94-36-70-78-86-94/h37-86H,1-36H2. The lowest BCUT2D eigenvalue weighted by Gasteiger charge is -2.53. The molecule has 10 saturated heterocycles. The zero-order valence-corrected chi connectivity index (χ0v) is 56.9. The lowest BCUT2D eigenvalue weighted by atomic mass is 9.61. The predicted octanol–water partition coefficient (Wildman–Crippen LogP) is -3.49. The Hall–Kier alpha value is -1.36. The summed E-state index contributed by atoms with van der Waals surface area (Å²) in [6, 6.07) is 7.70. The smallest absolute Gasteiger partial charge is 0.0781 e. The maximum Gasteiger partial charge on any atom is 0.0781 e. The summed E-state index contributed by atoms with van der Waals surface area (Å²) in [6.07, 6.45) is 37.0. The fourth-order valence-corrected chi connectivity index (χ4v) is 26.1. The fraction of sp³-hybridized carbons (Fsp3) is 1.00. The number of nitrogens with one attached hydrogen (secondary N) is 24. The van der Waals surface area contributed by atoms with E-state index in [0.29, 0.717) is 120 Å². The van der Waals surface area contributed by atoms with Crippen LogP contribution >= 0.6 is 0 Å². The van der Waals surface area contributed by atoms with Crippen molar-refractivity contribution in [2.24, 2.45) is 71.0 Å². The van der Waals surface area contributed by atoms with Crippen LogP contribution in [0.2, 0.25) is 0 Å². The van der Waals surface area contributed by atoms with Crippen LogP contribution in [0.3, 0.4) is 0 Å². The van der Waals surface area contributed by atoms with Gasteiger partial charge in [0.25, 0.3) is 0 Å². The van der Waals surface area contributed by atoms with E-state index in [1.165, 1.54) is 154 Å².